The van der Waals surface area contributed by atoms with Crippen LogP contribution in [-0.2, 0) is 14.8 Å². The van der Waals surface area contributed by atoms with Crippen molar-refractivity contribution in [1.82, 2.24) is 14.5 Å². The van der Waals surface area contributed by atoms with Crippen LogP contribution in [0.3, 0.4) is 0 Å². The normalized spacial score (nSPS) is 15.1. The van der Waals surface area contributed by atoms with Gasteiger partial charge in [-0.3, -0.25) is 4.79 Å². The minimum atomic E-state index is -3.64. The molecule has 0 saturated carbocycles. The van der Waals surface area contributed by atoms with Crippen molar-refractivity contribution in [2.45, 2.75) is 38.0 Å². The third-order valence-electron chi connectivity index (χ3n) is 4.58. The number of sulfonamides is 1. The SMILES string of the molecule is CCCCN(CCC(=O)N1CCNCC1)S(=O)(=O)c1ccc(OCC)cc1. The number of carbonyl (C=O) groups excluding carboxylic acids is 1. The highest BCUT2D eigenvalue weighted by Gasteiger charge is 2.26. The van der Waals surface area contributed by atoms with Crippen LogP contribution in [0.25, 0.3) is 0 Å². The van der Waals surface area contributed by atoms with Crippen molar-refractivity contribution >= 4 is 15.9 Å². The fourth-order valence-electron chi connectivity index (χ4n) is 3.00. The largest absolute Gasteiger partial charge is 0.494 e. The molecule has 0 bridgehead atoms. The van der Waals surface area contributed by atoms with Crippen LogP contribution in [-0.4, -0.2) is 69.4 Å². The molecule has 7 nitrogen and oxygen atoms in total. The highest BCUT2D eigenvalue weighted by Crippen LogP contribution is 2.20. The van der Waals surface area contributed by atoms with Crippen molar-refractivity contribution in [3.63, 3.8) is 0 Å². The van der Waals surface area contributed by atoms with Gasteiger partial charge in [-0.1, -0.05) is 13.3 Å². The molecule has 1 aliphatic rings. The highest BCUT2D eigenvalue weighted by molar-refractivity contribution is 7.89. The molecular weight excluding hydrogens is 366 g/mol. The van der Waals surface area contributed by atoms with Gasteiger partial charge in [-0.15, -0.1) is 0 Å². The Morgan fingerprint density at radius 2 is 1.81 bits per heavy atom. The van der Waals surface area contributed by atoms with E-state index < -0.39 is 10.0 Å². The number of amides is 1. The summed E-state index contributed by atoms with van der Waals surface area (Å²) in [7, 11) is -3.64. The molecule has 8 heteroatoms. The number of hydrogen-bond acceptors (Lipinski definition) is 5. The molecule has 1 aromatic rings. The summed E-state index contributed by atoms with van der Waals surface area (Å²) >= 11 is 0. The first-order valence-electron chi connectivity index (χ1n) is 9.70. The second-order valence-electron chi connectivity index (χ2n) is 6.54. The van der Waals surface area contributed by atoms with Gasteiger partial charge in [0.2, 0.25) is 15.9 Å². The lowest BCUT2D eigenvalue weighted by atomic mass is 10.3. The topological polar surface area (TPSA) is 79.0 Å². The van der Waals surface area contributed by atoms with Crippen molar-refractivity contribution in [2.75, 3.05) is 45.9 Å². The zero-order chi connectivity index (χ0) is 19.7. The fourth-order valence-corrected chi connectivity index (χ4v) is 4.48. The maximum Gasteiger partial charge on any atom is 0.243 e. The first kappa shape index (κ1) is 21.7. The zero-order valence-electron chi connectivity index (χ0n) is 16.3. The number of nitrogens with zero attached hydrogens (tertiary/aromatic N) is 2. The Morgan fingerprint density at radius 3 is 2.41 bits per heavy atom. The molecule has 27 heavy (non-hydrogen) atoms. The smallest absolute Gasteiger partial charge is 0.243 e. The van der Waals surface area contributed by atoms with Crippen LogP contribution < -0.4 is 10.1 Å². The molecule has 0 aromatic heterocycles. The van der Waals surface area contributed by atoms with Crippen LogP contribution in [0, 0.1) is 0 Å². The van der Waals surface area contributed by atoms with E-state index in [0.717, 1.165) is 25.9 Å². The maximum absolute atomic E-state index is 13.0. The summed E-state index contributed by atoms with van der Waals surface area (Å²) < 4.78 is 32.9. The van der Waals surface area contributed by atoms with E-state index in [1.54, 1.807) is 29.2 Å². The van der Waals surface area contributed by atoms with E-state index in [1.165, 1.54) is 4.31 Å². The molecule has 1 saturated heterocycles. The van der Waals surface area contributed by atoms with E-state index in [0.29, 0.717) is 32.0 Å². The van der Waals surface area contributed by atoms with Crippen LogP contribution in [0.1, 0.15) is 33.1 Å². The molecule has 1 aliphatic heterocycles. The fraction of sp³-hybridized carbons (Fsp3) is 0.632. The molecule has 0 atom stereocenters. The molecule has 1 aromatic carbocycles. The quantitative estimate of drug-likeness (QED) is 0.650. The summed E-state index contributed by atoms with van der Waals surface area (Å²) in [5, 5.41) is 3.21. The summed E-state index contributed by atoms with van der Waals surface area (Å²) in [4.78, 5) is 14.5. The van der Waals surface area contributed by atoms with Crippen LogP contribution >= 0.6 is 0 Å². The van der Waals surface area contributed by atoms with Crippen molar-refractivity contribution in [3.05, 3.63) is 24.3 Å². The molecule has 1 amide bonds. The monoisotopic (exact) mass is 397 g/mol. The molecule has 1 fully saturated rings. The van der Waals surface area contributed by atoms with E-state index in [9.17, 15) is 13.2 Å². The Balaban J connectivity index is 2.07. The summed E-state index contributed by atoms with van der Waals surface area (Å²) in [6, 6.07) is 6.47. The number of unbranched alkanes of at least 4 members (excludes halogenated alkanes) is 1. The molecule has 1 N–H and O–H groups in total. The van der Waals surface area contributed by atoms with Gasteiger partial charge in [-0.2, -0.15) is 4.31 Å². The predicted octanol–water partition coefficient (Wildman–Crippen LogP) is 1.70. The number of carbonyl (C=O) groups is 1. The Kier molecular flexibility index (Phi) is 8.53. The molecule has 0 aliphatic carbocycles. The summed E-state index contributed by atoms with van der Waals surface area (Å²) in [5.74, 6) is 0.658. The zero-order valence-corrected chi connectivity index (χ0v) is 17.1. The van der Waals surface area contributed by atoms with Crippen molar-refractivity contribution in [1.29, 1.82) is 0 Å². The Bertz CT molecular complexity index is 685. The molecule has 152 valence electrons. The maximum atomic E-state index is 13.0. The van der Waals surface area contributed by atoms with Gasteiger partial charge in [-0.25, -0.2) is 8.42 Å². The van der Waals surface area contributed by atoms with Crippen molar-refractivity contribution in [3.8, 4) is 5.75 Å². The molecule has 0 radical (unpaired) electrons. The molecule has 1 heterocycles. The highest BCUT2D eigenvalue weighted by atomic mass is 32.2. The average molecular weight is 398 g/mol. The van der Waals surface area contributed by atoms with Gasteiger partial charge in [0, 0.05) is 45.7 Å². The van der Waals surface area contributed by atoms with Gasteiger partial charge in [0.05, 0.1) is 11.5 Å². The minimum Gasteiger partial charge on any atom is -0.494 e. The summed E-state index contributed by atoms with van der Waals surface area (Å²) in [6.07, 6.45) is 1.86. The number of piperazine rings is 1. The van der Waals surface area contributed by atoms with Crippen LogP contribution in [0.15, 0.2) is 29.2 Å². The number of rotatable bonds is 10. The van der Waals surface area contributed by atoms with Crippen molar-refractivity contribution in [2.24, 2.45) is 0 Å². The number of nitrogens with one attached hydrogen (secondary N) is 1. The van der Waals surface area contributed by atoms with Crippen LogP contribution in [0.5, 0.6) is 5.75 Å². The second kappa shape index (κ2) is 10.6. The van der Waals surface area contributed by atoms with Crippen LogP contribution in [0.4, 0.5) is 0 Å². The van der Waals surface area contributed by atoms with Gasteiger partial charge >= 0.3 is 0 Å². The molecule has 0 unspecified atom stereocenters. The molecular formula is C19H31N3O4S. The first-order chi connectivity index (χ1) is 13.0. The Morgan fingerprint density at radius 1 is 1.15 bits per heavy atom. The Hall–Kier alpha value is -1.64. The third kappa shape index (κ3) is 6.19. The molecule has 2 rings (SSSR count). The van der Waals surface area contributed by atoms with E-state index in [-0.39, 0.29) is 23.8 Å². The van der Waals surface area contributed by atoms with Gasteiger partial charge < -0.3 is 15.0 Å². The second-order valence-corrected chi connectivity index (χ2v) is 8.48. The lowest BCUT2D eigenvalue weighted by Gasteiger charge is -2.29. The van der Waals surface area contributed by atoms with Gasteiger partial charge in [0.25, 0.3) is 0 Å². The lowest BCUT2D eigenvalue weighted by Crippen LogP contribution is -2.47. The van der Waals surface area contributed by atoms with Gasteiger partial charge in [0.15, 0.2) is 0 Å². The van der Waals surface area contributed by atoms with Gasteiger partial charge in [0.1, 0.15) is 5.75 Å². The summed E-state index contributed by atoms with van der Waals surface area (Å²) in [5.41, 5.74) is 0. The van der Waals surface area contributed by atoms with Gasteiger partial charge in [-0.05, 0) is 37.6 Å². The van der Waals surface area contributed by atoms with Crippen molar-refractivity contribution < 1.29 is 17.9 Å². The number of hydrogen-bond donors (Lipinski definition) is 1. The lowest BCUT2D eigenvalue weighted by molar-refractivity contribution is -0.131. The van der Waals surface area contributed by atoms with E-state index in [4.69, 9.17) is 4.74 Å². The molecule has 0 spiro atoms. The Labute approximate surface area is 162 Å². The predicted molar refractivity (Wildman–Crippen MR) is 105 cm³/mol. The summed E-state index contributed by atoms with van der Waals surface area (Å²) in [6.45, 7) is 7.99. The minimum absolute atomic E-state index is 0.0138. The van der Waals surface area contributed by atoms with Crippen LogP contribution in [0.2, 0.25) is 0 Å². The van der Waals surface area contributed by atoms with E-state index >= 15 is 0 Å². The number of ether oxygens (including phenoxy) is 1. The van der Waals surface area contributed by atoms with E-state index in [2.05, 4.69) is 5.32 Å². The first-order valence-corrected chi connectivity index (χ1v) is 11.1. The average Bonchev–Trinajstić information content (AvgIpc) is 2.69. The van der Waals surface area contributed by atoms with E-state index in [1.807, 2.05) is 13.8 Å². The standard InChI is InChI=1S/C19H31N3O4S/c1-3-5-13-22(14-10-19(23)21-15-11-20-12-16-21)27(24,25)18-8-6-17(7-9-18)26-4-2/h6-9,20H,3-5,10-16H2,1-2H3. The number of benzene rings is 1. The third-order valence-corrected chi connectivity index (χ3v) is 6.49.